The van der Waals surface area contributed by atoms with Crippen LogP contribution in [0.4, 0.5) is 10.2 Å². The van der Waals surface area contributed by atoms with E-state index in [0.29, 0.717) is 30.0 Å². The van der Waals surface area contributed by atoms with Gasteiger partial charge in [-0.3, -0.25) is 4.79 Å². The van der Waals surface area contributed by atoms with Gasteiger partial charge >= 0.3 is 0 Å². The summed E-state index contributed by atoms with van der Waals surface area (Å²) >= 11 is 0. The Morgan fingerprint density at radius 2 is 2.09 bits per heavy atom. The van der Waals surface area contributed by atoms with E-state index in [4.69, 9.17) is 0 Å². The van der Waals surface area contributed by atoms with E-state index in [0.717, 1.165) is 6.42 Å². The molecule has 0 aliphatic rings. The lowest BCUT2D eigenvalue weighted by molar-refractivity contribution is 0.0934. The topological polar surface area (TPSA) is 66.9 Å². The van der Waals surface area contributed by atoms with Crippen molar-refractivity contribution in [3.05, 3.63) is 53.7 Å². The lowest BCUT2D eigenvalue weighted by atomic mass is 10.1. The molecule has 0 aliphatic heterocycles. The van der Waals surface area contributed by atoms with Gasteiger partial charge < -0.3 is 10.6 Å². The number of benzene rings is 1. The van der Waals surface area contributed by atoms with Gasteiger partial charge in [-0.2, -0.15) is 0 Å². The zero-order valence-electron chi connectivity index (χ0n) is 13.3. The molecule has 1 atom stereocenters. The first-order valence-corrected chi connectivity index (χ1v) is 7.70. The van der Waals surface area contributed by atoms with Crippen LogP contribution in [0.5, 0.6) is 0 Å². The maximum atomic E-state index is 13.5. The smallest absolute Gasteiger partial charge is 0.270 e. The summed E-state index contributed by atoms with van der Waals surface area (Å²) in [6.07, 6.45) is 2.73. The normalized spacial score (nSPS) is 11.8. The maximum Gasteiger partial charge on any atom is 0.270 e. The molecule has 1 aromatic carbocycles. The average Bonchev–Trinajstić information content (AvgIpc) is 2.56. The SMILES string of the molecule is CCC(C)NC(=O)c1cc(NCCc2ccccc2F)ncn1. The second-order valence-corrected chi connectivity index (χ2v) is 5.34. The summed E-state index contributed by atoms with van der Waals surface area (Å²) in [6.45, 7) is 4.46. The summed E-state index contributed by atoms with van der Waals surface area (Å²) in [5, 5.41) is 5.94. The average molecular weight is 316 g/mol. The number of hydrogen-bond acceptors (Lipinski definition) is 4. The highest BCUT2D eigenvalue weighted by Crippen LogP contribution is 2.09. The van der Waals surface area contributed by atoms with Crippen LogP contribution in [0.25, 0.3) is 0 Å². The molecule has 0 bridgehead atoms. The quantitative estimate of drug-likeness (QED) is 0.824. The van der Waals surface area contributed by atoms with E-state index < -0.39 is 0 Å². The van der Waals surface area contributed by atoms with Gasteiger partial charge in [-0.25, -0.2) is 14.4 Å². The fourth-order valence-electron chi connectivity index (χ4n) is 2.00. The number of hydrogen-bond donors (Lipinski definition) is 2. The molecule has 0 saturated carbocycles. The third kappa shape index (κ3) is 5.02. The van der Waals surface area contributed by atoms with E-state index in [9.17, 15) is 9.18 Å². The Labute approximate surface area is 135 Å². The molecular formula is C17H21FN4O. The van der Waals surface area contributed by atoms with Crippen molar-refractivity contribution in [2.24, 2.45) is 0 Å². The molecule has 0 radical (unpaired) electrons. The van der Waals surface area contributed by atoms with Crippen molar-refractivity contribution < 1.29 is 9.18 Å². The van der Waals surface area contributed by atoms with Gasteiger partial charge in [0, 0.05) is 18.7 Å². The zero-order valence-corrected chi connectivity index (χ0v) is 13.3. The first kappa shape index (κ1) is 16.9. The van der Waals surface area contributed by atoms with Gasteiger partial charge in [0.2, 0.25) is 0 Å². The van der Waals surface area contributed by atoms with Crippen LogP contribution in [0.1, 0.15) is 36.3 Å². The first-order chi connectivity index (χ1) is 11.1. The second-order valence-electron chi connectivity index (χ2n) is 5.34. The van der Waals surface area contributed by atoms with Gasteiger partial charge in [-0.15, -0.1) is 0 Å². The summed E-state index contributed by atoms with van der Waals surface area (Å²) in [6, 6.07) is 8.35. The molecule has 1 heterocycles. The largest absolute Gasteiger partial charge is 0.370 e. The minimum absolute atomic E-state index is 0.0925. The third-order valence-corrected chi connectivity index (χ3v) is 3.55. The molecule has 2 rings (SSSR count). The molecule has 5 nitrogen and oxygen atoms in total. The van der Waals surface area contributed by atoms with E-state index >= 15 is 0 Å². The molecule has 2 aromatic rings. The summed E-state index contributed by atoms with van der Waals surface area (Å²) in [5.74, 6) is 0.107. The molecule has 1 amide bonds. The van der Waals surface area contributed by atoms with Crippen molar-refractivity contribution in [3.8, 4) is 0 Å². The first-order valence-electron chi connectivity index (χ1n) is 7.70. The lowest BCUT2D eigenvalue weighted by Crippen LogP contribution is -2.32. The zero-order chi connectivity index (χ0) is 16.7. The van der Waals surface area contributed by atoms with Crippen LogP contribution in [0.2, 0.25) is 0 Å². The minimum Gasteiger partial charge on any atom is -0.370 e. The highest BCUT2D eigenvalue weighted by Gasteiger charge is 2.11. The van der Waals surface area contributed by atoms with Gasteiger partial charge in [0.05, 0.1) is 0 Å². The van der Waals surface area contributed by atoms with Gasteiger partial charge in [-0.05, 0) is 31.4 Å². The number of rotatable bonds is 7. The maximum absolute atomic E-state index is 13.5. The minimum atomic E-state index is -0.223. The summed E-state index contributed by atoms with van der Waals surface area (Å²) in [5.41, 5.74) is 0.956. The molecule has 23 heavy (non-hydrogen) atoms. The Bertz CT molecular complexity index is 663. The van der Waals surface area contributed by atoms with Crippen LogP contribution >= 0.6 is 0 Å². The Balaban J connectivity index is 1.92. The highest BCUT2D eigenvalue weighted by molar-refractivity contribution is 5.93. The number of aromatic nitrogens is 2. The predicted molar refractivity (Wildman–Crippen MR) is 87.8 cm³/mol. The predicted octanol–water partition coefficient (Wildman–Crippen LogP) is 2.80. The monoisotopic (exact) mass is 316 g/mol. The van der Waals surface area contributed by atoms with Crippen molar-refractivity contribution in [1.29, 1.82) is 0 Å². The Hall–Kier alpha value is -2.50. The van der Waals surface area contributed by atoms with Crippen molar-refractivity contribution in [2.45, 2.75) is 32.7 Å². The molecule has 1 aromatic heterocycles. The fraction of sp³-hybridized carbons (Fsp3) is 0.353. The van der Waals surface area contributed by atoms with Crippen molar-refractivity contribution >= 4 is 11.7 Å². The number of halogens is 1. The highest BCUT2D eigenvalue weighted by atomic mass is 19.1. The molecule has 0 fully saturated rings. The number of nitrogens with one attached hydrogen (secondary N) is 2. The Kier molecular flexibility index (Phi) is 6.02. The fourth-order valence-corrected chi connectivity index (χ4v) is 2.00. The van der Waals surface area contributed by atoms with Crippen LogP contribution in [0.15, 0.2) is 36.7 Å². The summed E-state index contributed by atoms with van der Waals surface area (Å²) in [7, 11) is 0. The second kappa shape index (κ2) is 8.22. The summed E-state index contributed by atoms with van der Waals surface area (Å²) < 4.78 is 13.5. The number of amides is 1. The van der Waals surface area contributed by atoms with Crippen molar-refractivity contribution in [1.82, 2.24) is 15.3 Å². The lowest BCUT2D eigenvalue weighted by Gasteiger charge is -2.11. The van der Waals surface area contributed by atoms with Crippen LogP contribution in [0.3, 0.4) is 0 Å². The molecule has 0 spiro atoms. The van der Waals surface area contributed by atoms with Crippen molar-refractivity contribution in [2.75, 3.05) is 11.9 Å². The van der Waals surface area contributed by atoms with Crippen LogP contribution < -0.4 is 10.6 Å². The molecule has 122 valence electrons. The molecule has 0 aliphatic carbocycles. The van der Waals surface area contributed by atoms with Crippen LogP contribution in [-0.4, -0.2) is 28.5 Å². The molecule has 0 saturated heterocycles. The van der Waals surface area contributed by atoms with Gasteiger partial charge in [0.25, 0.3) is 5.91 Å². The third-order valence-electron chi connectivity index (χ3n) is 3.55. The summed E-state index contributed by atoms with van der Waals surface area (Å²) in [4.78, 5) is 20.1. The standard InChI is InChI=1S/C17H21FN4O/c1-3-12(2)22-17(23)15-10-16(21-11-20-15)19-9-8-13-6-4-5-7-14(13)18/h4-7,10-12H,3,8-9H2,1-2H3,(H,22,23)(H,19,20,21). The van der Waals surface area contributed by atoms with E-state index in [1.165, 1.54) is 12.4 Å². The van der Waals surface area contributed by atoms with E-state index in [1.54, 1.807) is 24.3 Å². The van der Waals surface area contributed by atoms with E-state index in [2.05, 4.69) is 20.6 Å². The van der Waals surface area contributed by atoms with E-state index in [-0.39, 0.29) is 17.8 Å². The molecule has 6 heteroatoms. The molecular weight excluding hydrogens is 295 g/mol. The number of anilines is 1. The van der Waals surface area contributed by atoms with Crippen LogP contribution in [0, 0.1) is 5.82 Å². The van der Waals surface area contributed by atoms with Crippen molar-refractivity contribution in [3.63, 3.8) is 0 Å². The van der Waals surface area contributed by atoms with Gasteiger partial charge in [-0.1, -0.05) is 25.1 Å². The number of nitrogens with zero attached hydrogens (tertiary/aromatic N) is 2. The molecule has 1 unspecified atom stereocenters. The van der Waals surface area contributed by atoms with E-state index in [1.807, 2.05) is 13.8 Å². The van der Waals surface area contributed by atoms with Gasteiger partial charge in [0.15, 0.2) is 0 Å². The number of carbonyl (C=O) groups is 1. The molecule has 2 N–H and O–H groups in total. The Morgan fingerprint density at radius 3 is 2.83 bits per heavy atom. The van der Waals surface area contributed by atoms with Gasteiger partial charge in [0.1, 0.15) is 23.7 Å². The Morgan fingerprint density at radius 1 is 1.30 bits per heavy atom. The number of carbonyl (C=O) groups excluding carboxylic acids is 1. The van der Waals surface area contributed by atoms with Crippen LogP contribution in [-0.2, 0) is 6.42 Å².